The van der Waals surface area contributed by atoms with Crippen LogP contribution in [0.4, 0.5) is 4.79 Å². The lowest BCUT2D eigenvalue weighted by Gasteiger charge is -2.29. The van der Waals surface area contributed by atoms with Gasteiger partial charge in [-0.2, -0.15) is 4.89 Å². The van der Waals surface area contributed by atoms with Crippen LogP contribution in [0.3, 0.4) is 0 Å². The number of amides is 3. The van der Waals surface area contributed by atoms with E-state index in [2.05, 4.69) is 42.0 Å². The smallest absolute Gasteiger partial charge is 0.407 e. The van der Waals surface area contributed by atoms with Gasteiger partial charge in [-0.05, 0) is 60.6 Å². The molecule has 0 bridgehead atoms. The van der Waals surface area contributed by atoms with E-state index in [4.69, 9.17) is 14.6 Å². The van der Waals surface area contributed by atoms with Gasteiger partial charge in [0.15, 0.2) is 0 Å². The minimum Gasteiger partial charge on any atom is -0.453 e. The molecule has 0 radical (unpaired) electrons. The van der Waals surface area contributed by atoms with E-state index in [0.717, 1.165) is 52.7 Å². The maximum atomic E-state index is 13.5. The monoisotopic (exact) mass is 752 g/mol. The van der Waals surface area contributed by atoms with Crippen molar-refractivity contribution >= 4 is 35.3 Å². The number of ether oxygens (including phenoxy) is 1. The van der Waals surface area contributed by atoms with Crippen LogP contribution in [-0.2, 0) is 24.1 Å². The number of methoxy groups -OCH3 is 1. The number of nitrogens with one attached hydrogen (secondary N) is 3. The van der Waals surface area contributed by atoms with E-state index in [1.165, 1.54) is 14.2 Å². The fourth-order valence-electron chi connectivity index (χ4n) is 7.13. The Morgan fingerprint density at radius 1 is 0.964 bits per heavy atom. The quantitative estimate of drug-likeness (QED) is 0.0556. The van der Waals surface area contributed by atoms with Crippen LogP contribution in [0, 0.1) is 23.7 Å². The molecule has 2 aliphatic heterocycles. The Balaban J connectivity index is 1.13. The molecule has 3 amide bonds. The highest BCUT2D eigenvalue weighted by atomic mass is 17.2. The lowest BCUT2D eigenvalue weighted by atomic mass is 10.0. The molecule has 0 aliphatic carbocycles. The molecule has 55 heavy (non-hydrogen) atoms. The maximum absolute atomic E-state index is 13.5. The van der Waals surface area contributed by atoms with Gasteiger partial charge in [0.2, 0.25) is 18.2 Å². The number of carbonyl (C=O) groups is 3. The number of alkyl carbamates (subject to hydrolysis) is 1. The third-order valence-electron chi connectivity index (χ3n) is 10.0. The molecular weight excluding hydrogens is 704 g/mol. The number of aromatic nitrogens is 4. The Labute approximate surface area is 319 Å². The molecule has 6 rings (SSSR count). The fraction of sp³-hybridized carbons (Fsp3) is 0.450. The molecule has 4 aromatic rings. The number of β-amino-alcohol motifs (C(OH)–C–C–N with tert-alkyl or cyclic N) is 1. The summed E-state index contributed by atoms with van der Waals surface area (Å²) in [5, 5.41) is 13.2. The number of aliphatic hydroxyl groups excluding tert-OH is 1. The van der Waals surface area contributed by atoms with Gasteiger partial charge in [0.1, 0.15) is 23.7 Å². The summed E-state index contributed by atoms with van der Waals surface area (Å²) in [6, 6.07) is 11.5. The number of nitrogens with zero attached hydrogens (tertiary/aromatic N) is 5. The number of imidazole rings is 2. The Morgan fingerprint density at radius 2 is 1.71 bits per heavy atom. The third-order valence-corrected chi connectivity index (χ3v) is 10.0. The summed E-state index contributed by atoms with van der Waals surface area (Å²) in [6.45, 7) is 8.34. The SMILES string of the molecule is COOC=N[C@H](C(=O)N1C[C@H](O)C[C@H]1c1ncc(-c2ccc(C#Cc3ccc4nc([C@@H]5CCCN5C(=O)[C@@H](NC(=O)OC)C(C)C)[nH]c4c3)cc2)[nH]1)C(C)C. The van der Waals surface area contributed by atoms with Crippen LogP contribution >= 0.6 is 0 Å². The highest BCUT2D eigenvalue weighted by Gasteiger charge is 2.41. The Morgan fingerprint density at radius 3 is 2.42 bits per heavy atom. The number of carbonyl (C=O) groups excluding carboxylic acids is 3. The van der Waals surface area contributed by atoms with Crippen LogP contribution in [0.25, 0.3) is 22.3 Å². The second-order valence-corrected chi connectivity index (χ2v) is 14.5. The zero-order valence-corrected chi connectivity index (χ0v) is 31.9. The predicted octanol–water partition coefficient (Wildman–Crippen LogP) is 4.66. The van der Waals surface area contributed by atoms with Crippen LogP contribution < -0.4 is 5.32 Å². The molecule has 0 saturated carbocycles. The normalized spacial score (nSPS) is 19.5. The second-order valence-electron chi connectivity index (χ2n) is 14.5. The molecule has 0 unspecified atom stereocenters. The highest BCUT2D eigenvalue weighted by molar-refractivity contribution is 5.87. The molecule has 290 valence electrons. The summed E-state index contributed by atoms with van der Waals surface area (Å²) < 4.78 is 4.75. The average molecular weight is 753 g/mol. The Bertz CT molecular complexity index is 2080. The summed E-state index contributed by atoms with van der Waals surface area (Å²) in [6.07, 6.45) is 3.48. The van der Waals surface area contributed by atoms with E-state index in [1.807, 2.05) is 70.2 Å². The van der Waals surface area contributed by atoms with Crippen LogP contribution in [-0.4, -0.2) is 105 Å². The van der Waals surface area contributed by atoms with Crippen molar-refractivity contribution in [3.63, 3.8) is 0 Å². The minimum atomic E-state index is -0.702. The molecule has 2 aliphatic rings. The summed E-state index contributed by atoms with van der Waals surface area (Å²) in [5.41, 5.74) is 4.90. The van der Waals surface area contributed by atoms with Crippen molar-refractivity contribution < 1.29 is 34.0 Å². The molecule has 2 aromatic carbocycles. The molecule has 15 heteroatoms. The maximum Gasteiger partial charge on any atom is 0.407 e. The van der Waals surface area contributed by atoms with Gasteiger partial charge in [-0.25, -0.2) is 19.8 Å². The third kappa shape index (κ3) is 8.82. The fourth-order valence-corrected chi connectivity index (χ4v) is 7.13. The van der Waals surface area contributed by atoms with Gasteiger partial charge in [0, 0.05) is 30.6 Å². The van der Waals surface area contributed by atoms with Crippen LogP contribution in [0.1, 0.15) is 81.8 Å². The van der Waals surface area contributed by atoms with Crippen molar-refractivity contribution in [3.05, 3.63) is 71.4 Å². The van der Waals surface area contributed by atoms with Crippen molar-refractivity contribution in [2.24, 2.45) is 16.8 Å². The molecular formula is C40H48N8O7. The largest absolute Gasteiger partial charge is 0.453 e. The molecule has 2 saturated heterocycles. The van der Waals surface area contributed by atoms with E-state index in [-0.39, 0.29) is 36.2 Å². The van der Waals surface area contributed by atoms with Gasteiger partial charge < -0.3 is 39.8 Å². The first-order valence-corrected chi connectivity index (χ1v) is 18.5. The van der Waals surface area contributed by atoms with Gasteiger partial charge in [-0.1, -0.05) is 51.7 Å². The van der Waals surface area contributed by atoms with E-state index in [0.29, 0.717) is 24.6 Å². The first kappa shape index (κ1) is 39.0. The van der Waals surface area contributed by atoms with Crippen molar-refractivity contribution in [2.75, 3.05) is 27.3 Å². The number of hydrogen-bond donors (Lipinski definition) is 4. The number of aliphatic imine (C=N–C) groups is 1. The Kier molecular flexibility index (Phi) is 12.2. The number of rotatable bonds is 11. The summed E-state index contributed by atoms with van der Waals surface area (Å²) in [7, 11) is 2.64. The average Bonchev–Trinajstić information content (AvgIpc) is 4.00. The van der Waals surface area contributed by atoms with Gasteiger partial charge in [-0.3, -0.25) is 9.59 Å². The van der Waals surface area contributed by atoms with Crippen LogP contribution in [0.2, 0.25) is 0 Å². The van der Waals surface area contributed by atoms with E-state index < -0.39 is 30.3 Å². The standard InChI is InChI=1S/C40H48N8O7/c1-23(2)34(42-22-55-54-6)38(50)48-21-28(49)19-33(48)36-41-20-31(45-36)27-14-11-25(12-15-27)9-10-26-13-16-29-30(18-26)44-37(43-29)32-8-7-17-47(32)39(51)35(24(3)4)46-40(52)53-5/h11-16,18,20,22-24,28,32-35,49H,7-8,17,19,21H2,1-6H3,(H,41,45)(H,43,44)(H,46,52)/t28-,32+,33+,34+,35+/m1/s1. The lowest BCUT2D eigenvalue weighted by molar-refractivity contribution is -0.188. The number of benzene rings is 2. The zero-order chi connectivity index (χ0) is 39.2. The van der Waals surface area contributed by atoms with Gasteiger partial charge in [0.05, 0.1) is 55.3 Å². The molecule has 2 aromatic heterocycles. The lowest BCUT2D eigenvalue weighted by Crippen LogP contribution is -2.51. The number of hydrogen-bond acceptors (Lipinski definition) is 10. The predicted molar refractivity (Wildman–Crippen MR) is 204 cm³/mol. The summed E-state index contributed by atoms with van der Waals surface area (Å²) in [4.78, 5) is 72.2. The number of aliphatic hydroxyl groups is 1. The van der Waals surface area contributed by atoms with Crippen molar-refractivity contribution in [3.8, 4) is 23.1 Å². The van der Waals surface area contributed by atoms with Gasteiger partial charge in [0.25, 0.3) is 0 Å². The second kappa shape index (κ2) is 17.2. The van der Waals surface area contributed by atoms with E-state index in [9.17, 15) is 19.5 Å². The summed E-state index contributed by atoms with van der Waals surface area (Å²) >= 11 is 0. The van der Waals surface area contributed by atoms with Crippen molar-refractivity contribution in [1.82, 2.24) is 35.1 Å². The van der Waals surface area contributed by atoms with Crippen LogP contribution in [0.5, 0.6) is 0 Å². The van der Waals surface area contributed by atoms with Crippen LogP contribution in [0.15, 0.2) is 53.7 Å². The molecule has 0 spiro atoms. The first-order valence-electron chi connectivity index (χ1n) is 18.5. The van der Waals surface area contributed by atoms with E-state index >= 15 is 0 Å². The number of fused-ring (bicyclic) bond motifs is 1. The number of aromatic amines is 2. The first-order chi connectivity index (χ1) is 26.5. The number of H-pyrrole nitrogens is 2. The molecule has 4 heterocycles. The van der Waals surface area contributed by atoms with Crippen molar-refractivity contribution in [2.45, 2.75) is 77.2 Å². The highest BCUT2D eigenvalue weighted by Crippen LogP contribution is 2.34. The number of likely N-dealkylation sites (tertiary alicyclic amines) is 2. The molecule has 15 nitrogen and oxygen atoms in total. The van der Waals surface area contributed by atoms with Gasteiger partial charge in [-0.15, -0.1) is 0 Å². The molecule has 4 N–H and O–H groups in total. The van der Waals surface area contributed by atoms with Gasteiger partial charge >= 0.3 is 6.09 Å². The molecule has 5 atom stereocenters. The Hall–Kier alpha value is -5.72. The molecule has 2 fully saturated rings. The van der Waals surface area contributed by atoms with Crippen molar-refractivity contribution in [1.29, 1.82) is 0 Å². The minimum absolute atomic E-state index is 0.105. The topological polar surface area (TPSA) is 187 Å². The zero-order valence-electron chi connectivity index (χ0n) is 31.9. The summed E-state index contributed by atoms with van der Waals surface area (Å²) in [5.74, 6) is 7.17. The van der Waals surface area contributed by atoms with E-state index in [1.54, 1.807) is 16.0 Å².